The molecule has 8 nitrogen and oxygen atoms in total. The monoisotopic (exact) mass is 1430 g/mol. The first kappa shape index (κ1) is 65.2. The van der Waals surface area contributed by atoms with Crippen LogP contribution in [-0.4, -0.2) is 38.2 Å². The summed E-state index contributed by atoms with van der Waals surface area (Å²) in [6.45, 7) is 0. The molecule has 0 fully saturated rings. The number of benzene rings is 14. The third-order valence-corrected chi connectivity index (χ3v) is 21.9. The minimum Gasteiger partial charge on any atom is -0.309 e. The summed E-state index contributed by atoms with van der Waals surface area (Å²) in [5, 5.41) is 7.17. The summed E-state index contributed by atoms with van der Waals surface area (Å²) < 4.78 is 9.47. The average Bonchev–Trinajstić information content (AvgIpc) is 1.59. The van der Waals surface area contributed by atoms with E-state index in [9.17, 15) is 0 Å². The van der Waals surface area contributed by atoms with Crippen molar-refractivity contribution >= 4 is 87.5 Å². The lowest BCUT2D eigenvalue weighted by molar-refractivity contribution is 1.17. The lowest BCUT2D eigenvalue weighted by atomic mass is 9.99. The molecule has 0 aliphatic rings. The first-order valence-electron chi connectivity index (χ1n) is 38.0. The Morgan fingerprint density at radius 3 is 0.848 bits per heavy atom. The summed E-state index contributed by atoms with van der Waals surface area (Å²) in [7, 11) is 0. The average molecular weight is 1430 g/mol. The molecule has 14 aromatic carbocycles. The second-order valence-corrected chi connectivity index (χ2v) is 28.5. The van der Waals surface area contributed by atoms with Crippen LogP contribution in [-0.2, 0) is 0 Å². The number of aromatic nitrogens is 8. The van der Waals surface area contributed by atoms with Crippen molar-refractivity contribution in [1.29, 1.82) is 0 Å². The molecule has 0 saturated carbocycles. The van der Waals surface area contributed by atoms with Crippen LogP contribution in [0.15, 0.2) is 413 Å². The van der Waals surface area contributed by atoms with Gasteiger partial charge in [0, 0.05) is 89.7 Å². The summed E-state index contributed by atoms with van der Waals surface area (Å²) in [4.78, 5) is 20.0. The molecular weight excluding hydrogens is 1360 g/mol. The van der Waals surface area contributed by atoms with Crippen molar-refractivity contribution in [2.45, 2.75) is 0 Å². The van der Waals surface area contributed by atoms with Gasteiger partial charge in [0.1, 0.15) is 0 Å². The SMILES string of the molecule is c1ccc(-c2cc(-c3cccc(-n4c5ccccc5c5ccc(-c6ccc7c8ncccc8n(-c8ccccc8)c7c6)cc54)c3)cc(-c3ccccc3)n2)cc1.c1ccc(-c2cc(-c3ccccc3)nc(-c3cccc(-n4c5ccccc5c5ccc(-c6ccc7c8ncccc8n(-c8ccccc8)c7c6)cc54)c3)c2)cc1. The summed E-state index contributed by atoms with van der Waals surface area (Å²) in [5.74, 6) is 0. The zero-order valence-electron chi connectivity index (χ0n) is 60.8. The third kappa shape index (κ3) is 11.6. The Balaban J connectivity index is 0.000000141. The van der Waals surface area contributed by atoms with Crippen LogP contribution in [0.2, 0.25) is 0 Å². The van der Waals surface area contributed by atoms with Gasteiger partial charge >= 0.3 is 0 Å². The van der Waals surface area contributed by atoms with E-state index in [-0.39, 0.29) is 0 Å². The van der Waals surface area contributed by atoms with Crippen molar-refractivity contribution in [3.63, 3.8) is 0 Å². The van der Waals surface area contributed by atoms with Crippen molar-refractivity contribution in [2.24, 2.45) is 0 Å². The Bertz CT molecular complexity index is 6790. The van der Waals surface area contributed by atoms with Gasteiger partial charge in [0.25, 0.3) is 0 Å². The van der Waals surface area contributed by atoms with Gasteiger partial charge in [-0.3, -0.25) is 9.97 Å². The van der Waals surface area contributed by atoms with Gasteiger partial charge < -0.3 is 18.3 Å². The lowest BCUT2D eigenvalue weighted by Gasteiger charge is -2.13. The van der Waals surface area contributed by atoms with Crippen LogP contribution >= 0.6 is 0 Å². The van der Waals surface area contributed by atoms with Crippen molar-refractivity contribution in [1.82, 2.24) is 38.2 Å². The van der Waals surface area contributed by atoms with Gasteiger partial charge in [0.2, 0.25) is 0 Å². The summed E-state index contributed by atoms with van der Waals surface area (Å²) in [6.07, 6.45) is 3.76. The first-order chi connectivity index (χ1) is 55.5. The Morgan fingerprint density at radius 1 is 0.152 bits per heavy atom. The maximum absolute atomic E-state index is 5.25. The van der Waals surface area contributed by atoms with E-state index in [0.717, 1.165) is 167 Å². The van der Waals surface area contributed by atoms with Crippen LogP contribution in [0.1, 0.15) is 0 Å². The highest BCUT2D eigenvalue weighted by molar-refractivity contribution is 6.14. The van der Waals surface area contributed by atoms with Gasteiger partial charge in [0.05, 0.1) is 77.9 Å². The number of fused-ring (bicyclic) bond motifs is 12. The molecule has 0 aliphatic heterocycles. The van der Waals surface area contributed by atoms with Gasteiger partial charge in [0.15, 0.2) is 0 Å². The Hall–Kier alpha value is -15.1. The quantitative estimate of drug-likeness (QED) is 0.122. The number of rotatable bonds is 12. The molecule has 524 valence electrons. The molecule has 8 heterocycles. The second-order valence-electron chi connectivity index (χ2n) is 28.5. The van der Waals surface area contributed by atoms with Crippen molar-refractivity contribution in [3.05, 3.63) is 413 Å². The molecule has 0 N–H and O–H groups in total. The molecule has 0 atom stereocenters. The minimum atomic E-state index is 0.935. The molecule has 0 amide bonds. The molecule has 8 heteroatoms. The number of hydrogen-bond acceptors (Lipinski definition) is 4. The Labute approximate surface area is 646 Å². The third-order valence-electron chi connectivity index (χ3n) is 21.9. The van der Waals surface area contributed by atoms with Crippen LogP contribution in [0.3, 0.4) is 0 Å². The van der Waals surface area contributed by atoms with Gasteiger partial charge in [-0.25, -0.2) is 9.97 Å². The van der Waals surface area contributed by atoms with Gasteiger partial charge in [-0.05, 0) is 190 Å². The zero-order chi connectivity index (χ0) is 74.0. The fourth-order valence-corrected chi connectivity index (χ4v) is 16.7. The predicted octanol–water partition coefficient (Wildman–Crippen LogP) is 26.7. The summed E-state index contributed by atoms with van der Waals surface area (Å²) in [5.41, 5.74) is 32.9. The number of para-hydroxylation sites is 4. The number of pyridine rings is 4. The van der Waals surface area contributed by atoms with Crippen LogP contribution in [0.25, 0.3) is 200 Å². The minimum absolute atomic E-state index is 0.935. The van der Waals surface area contributed by atoms with E-state index in [0.29, 0.717) is 0 Å². The van der Waals surface area contributed by atoms with E-state index in [1.165, 1.54) is 32.6 Å². The molecular formula is C104H68N8. The molecule has 8 aromatic heterocycles. The van der Waals surface area contributed by atoms with Gasteiger partial charge in [-0.2, -0.15) is 0 Å². The van der Waals surface area contributed by atoms with E-state index < -0.39 is 0 Å². The molecule has 0 spiro atoms. The maximum atomic E-state index is 5.25. The smallest absolute Gasteiger partial charge is 0.0963 e. The Kier molecular flexibility index (Phi) is 16.1. The second kappa shape index (κ2) is 27.6. The van der Waals surface area contributed by atoms with Crippen molar-refractivity contribution < 1.29 is 0 Å². The lowest BCUT2D eigenvalue weighted by Crippen LogP contribution is -1.96. The molecule has 22 aromatic rings. The number of hydrogen-bond donors (Lipinski definition) is 0. The summed E-state index contributed by atoms with van der Waals surface area (Å²) >= 11 is 0. The predicted molar refractivity (Wildman–Crippen MR) is 465 cm³/mol. The number of nitrogens with zero attached hydrogens (tertiary/aromatic N) is 8. The maximum Gasteiger partial charge on any atom is 0.0963 e. The van der Waals surface area contributed by atoms with Crippen LogP contribution < -0.4 is 0 Å². The molecule has 0 aliphatic carbocycles. The Morgan fingerprint density at radius 2 is 0.429 bits per heavy atom. The van der Waals surface area contributed by atoms with E-state index >= 15 is 0 Å². The molecule has 22 rings (SSSR count). The first-order valence-corrected chi connectivity index (χ1v) is 38.0. The standard InChI is InChI=1S/2C52H34N4/c1-4-14-35(15-5-1)40-31-46(36-16-6-2-7-17-36)54-47(32-40)39-18-12-21-42(30-39)56-48-23-11-10-22-43(48)44-27-25-37(33-50(44)56)38-26-28-45-51(34-38)55(41-19-8-3-9-20-41)49-24-13-29-53-52(45)49;1-4-14-35(15-5-1)46-31-40(32-47(54-46)36-16-6-2-7-17-36)37-18-12-21-42(30-37)56-48-23-11-10-22-43(48)44-27-25-38(33-50(44)56)39-26-28-45-51(34-39)55(41-19-8-3-9-20-41)49-24-13-29-53-52(45)49/h2*1-34H. The van der Waals surface area contributed by atoms with Crippen molar-refractivity contribution in [2.75, 3.05) is 0 Å². The largest absolute Gasteiger partial charge is 0.309 e. The molecule has 0 saturated heterocycles. The van der Waals surface area contributed by atoms with Gasteiger partial charge in [-0.1, -0.05) is 255 Å². The van der Waals surface area contributed by atoms with Gasteiger partial charge in [-0.15, -0.1) is 0 Å². The fourth-order valence-electron chi connectivity index (χ4n) is 16.7. The molecule has 0 radical (unpaired) electrons. The van der Waals surface area contributed by atoms with E-state index in [1.807, 2.05) is 42.7 Å². The molecule has 0 unspecified atom stereocenters. The van der Waals surface area contributed by atoms with E-state index in [1.54, 1.807) is 0 Å². The van der Waals surface area contributed by atoms with Crippen LogP contribution in [0.4, 0.5) is 0 Å². The molecule has 0 bridgehead atoms. The highest BCUT2D eigenvalue weighted by Gasteiger charge is 2.22. The summed E-state index contributed by atoms with van der Waals surface area (Å²) in [6, 6.07) is 143. The van der Waals surface area contributed by atoms with E-state index in [4.69, 9.17) is 19.9 Å². The highest BCUT2D eigenvalue weighted by Crippen LogP contribution is 2.43. The van der Waals surface area contributed by atoms with Crippen LogP contribution in [0.5, 0.6) is 0 Å². The normalized spacial score (nSPS) is 11.6. The highest BCUT2D eigenvalue weighted by atomic mass is 15.0. The zero-order valence-corrected chi connectivity index (χ0v) is 60.8. The topological polar surface area (TPSA) is 71.3 Å². The van der Waals surface area contributed by atoms with Crippen molar-refractivity contribution in [3.8, 4) is 112 Å². The van der Waals surface area contributed by atoms with Crippen LogP contribution in [0, 0.1) is 0 Å². The van der Waals surface area contributed by atoms with E-state index in [2.05, 4.69) is 388 Å². The molecule has 112 heavy (non-hydrogen) atoms. The fraction of sp³-hybridized carbons (Fsp3) is 0.